The standard InChI is InChI=1S/C14H22O2.C12H26S.C10H19NO2.C5H8O2.C4H6O2/c1-9(2)12(15)16-11-8-10-6-7-14(11,5)13(10,3)4;1-2-3-4-5-6-7-8-9-10-11-12-13;1-8(2)9(12)13-7-6-11-10(3,4)5;1-4(2)5(6)7-3;1-3(2)4(5)6/h10-11H,1,6-8H2,2-5H3;13H,2-12H2,1H3;11H,1,6-7H2,2-5H3;1H2,2-3H3;1H2,2H3,(H,5,6). The molecule has 0 spiro atoms. The van der Waals surface area contributed by atoms with Gasteiger partial charge in [-0.15, -0.1) is 0 Å². The van der Waals surface area contributed by atoms with Gasteiger partial charge in [0, 0.05) is 39.8 Å². The summed E-state index contributed by atoms with van der Waals surface area (Å²) in [7, 11) is 1.33. The Balaban J connectivity index is -0.000000642. The van der Waals surface area contributed by atoms with E-state index in [9.17, 15) is 19.2 Å². The average molecular weight is 796 g/mol. The van der Waals surface area contributed by atoms with E-state index in [-0.39, 0.29) is 40.5 Å². The minimum Gasteiger partial charge on any atom is -0.478 e. The van der Waals surface area contributed by atoms with Gasteiger partial charge in [0.15, 0.2) is 0 Å². The van der Waals surface area contributed by atoms with Crippen LogP contribution >= 0.6 is 12.6 Å². The molecule has 0 saturated heterocycles. The summed E-state index contributed by atoms with van der Waals surface area (Å²) in [5, 5.41) is 11.1. The van der Waals surface area contributed by atoms with Crippen molar-refractivity contribution in [2.24, 2.45) is 16.7 Å². The predicted octanol–water partition coefficient (Wildman–Crippen LogP) is 11.0. The van der Waals surface area contributed by atoms with Crippen LogP contribution in [0.3, 0.4) is 0 Å². The normalized spacial score (nSPS) is 18.5. The van der Waals surface area contributed by atoms with Crippen molar-refractivity contribution in [2.75, 3.05) is 26.0 Å². The fourth-order valence-electron chi connectivity index (χ4n) is 6.00. The van der Waals surface area contributed by atoms with E-state index in [1.165, 1.54) is 91.1 Å². The Kier molecular flexibility index (Phi) is 31.1. The average Bonchev–Trinajstić information content (AvgIpc) is 3.43. The number of hydrogen-bond acceptors (Lipinski definition) is 9. The highest BCUT2D eigenvalue weighted by molar-refractivity contribution is 7.80. The summed E-state index contributed by atoms with van der Waals surface area (Å²) in [4.78, 5) is 42.3. The minimum absolute atomic E-state index is 0.0651. The monoisotopic (exact) mass is 796 g/mol. The second kappa shape index (κ2) is 30.3. The van der Waals surface area contributed by atoms with E-state index < -0.39 is 5.97 Å². The Morgan fingerprint density at radius 2 is 1.20 bits per heavy atom. The molecule has 0 aromatic heterocycles. The molecule has 2 aliphatic rings. The molecule has 0 heterocycles. The molecule has 0 aliphatic heterocycles. The molecule has 0 aromatic carbocycles. The van der Waals surface area contributed by atoms with Gasteiger partial charge in [-0.2, -0.15) is 12.6 Å². The summed E-state index contributed by atoms with van der Waals surface area (Å²) in [6.45, 7) is 36.5. The zero-order valence-corrected chi connectivity index (χ0v) is 37.9. The molecule has 2 bridgehead atoms. The molecule has 2 N–H and O–H groups in total. The summed E-state index contributed by atoms with van der Waals surface area (Å²) in [5.41, 5.74) is 2.07. The maximum Gasteiger partial charge on any atom is 0.333 e. The zero-order valence-electron chi connectivity index (χ0n) is 37.0. The molecular formula is C45H81NO8S. The lowest BCUT2D eigenvalue weighted by Gasteiger charge is -2.38. The molecule has 55 heavy (non-hydrogen) atoms. The molecule has 3 unspecified atom stereocenters. The maximum atomic E-state index is 11.6. The van der Waals surface area contributed by atoms with Crippen LogP contribution < -0.4 is 5.32 Å². The Morgan fingerprint density at radius 1 is 0.764 bits per heavy atom. The smallest absolute Gasteiger partial charge is 0.333 e. The summed E-state index contributed by atoms with van der Waals surface area (Å²) in [6.07, 6.45) is 17.8. The molecule has 0 radical (unpaired) electrons. The van der Waals surface area contributed by atoms with Crippen LogP contribution in [0.25, 0.3) is 0 Å². The second-order valence-electron chi connectivity index (χ2n) is 16.6. The van der Waals surface area contributed by atoms with Crippen molar-refractivity contribution in [1.82, 2.24) is 5.32 Å². The first-order chi connectivity index (χ1) is 25.4. The van der Waals surface area contributed by atoms with Crippen LogP contribution in [-0.4, -0.2) is 66.6 Å². The van der Waals surface area contributed by atoms with Crippen LogP contribution in [0.2, 0.25) is 0 Å². The van der Waals surface area contributed by atoms with Gasteiger partial charge in [0.25, 0.3) is 0 Å². The van der Waals surface area contributed by atoms with Gasteiger partial charge in [-0.1, -0.05) is 112 Å². The van der Waals surface area contributed by atoms with Crippen molar-refractivity contribution >= 4 is 36.5 Å². The van der Waals surface area contributed by atoms with Crippen molar-refractivity contribution in [1.29, 1.82) is 0 Å². The number of unbranched alkanes of at least 4 members (excludes halogenated alkanes) is 9. The Labute approximate surface area is 342 Å². The Morgan fingerprint density at radius 3 is 1.49 bits per heavy atom. The largest absolute Gasteiger partial charge is 0.478 e. The van der Waals surface area contributed by atoms with E-state index in [0.29, 0.717) is 41.2 Å². The van der Waals surface area contributed by atoms with Gasteiger partial charge in [0.2, 0.25) is 0 Å². The van der Waals surface area contributed by atoms with Crippen LogP contribution in [-0.2, 0) is 33.4 Å². The van der Waals surface area contributed by atoms with E-state index in [1.807, 2.05) is 0 Å². The van der Waals surface area contributed by atoms with Crippen molar-refractivity contribution < 1.29 is 38.5 Å². The van der Waals surface area contributed by atoms with Gasteiger partial charge in [-0.25, -0.2) is 19.2 Å². The van der Waals surface area contributed by atoms with E-state index in [1.54, 1.807) is 20.8 Å². The minimum atomic E-state index is -0.935. The predicted molar refractivity (Wildman–Crippen MR) is 232 cm³/mol. The lowest BCUT2D eigenvalue weighted by atomic mass is 9.70. The number of methoxy groups -OCH3 is 1. The molecule has 10 heteroatoms. The molecule has 3 atom stereocenters. The fraction of sp³-hybridized carbons (Fsp3) is 0.733. The number of ether oxygens (including phenoxy) is 3. The van der Waals surface area contributed by atoms with Crippen LogP contribution in [0.4, 0.5) is 0 Å². The number of carboxylic acid groups (broad SMARTS) is 1. The fourth-order valence-corrected chi connectivity index (χ4v) is 6.23. The Bertz CT molecular complexity index is 1180. The van der Waals surface area contributed by atoms with E-state index in [0.717, 1.165) is 12.2 Å². The molecule has 9 nitrogen and oxygen atoms in total. The lowest BCUT2D eigenvalue weighted by molar-refractivity contribution is -0.152. The third-order valence-electron chi connectivity index (χ3n) is 10.1. The zero-order chi connectivity index (χ0) is 43.4. The molecular weight excluding hydrogens is 715 g/mol. The third-order valence-corrected chi connectivity index (χ3v) is 10.4. The van der Waals surface area contributed by atoms with Gasteiger partial charge in [0.1, 0.15) is 12.7 Å². The van der Waals surface area contributed by atoms with Gasteiger partial charge in [0.05, 0.1) is 7.11 Å². The molecule has 0 aromatic rings. The van der Waals surface area contributed by atoms with E-state index >= 15 is 0 Å². The number of carboxylic acids is 1. The highest BCUT2D eigenvalue weighted by atomic mass is 32.1. The second-order valence-corrected chi connectivity index (χ2v) is 17.1. The number of nitrogens with one attached hydrogen (secondary N) is 1. The molecule has 2 aliphatic carbocycles. The van der Waals surface area contributed by atoms with Crippen LogP contribution in [0.5, 0.6) is 0 Å². The molecule has 320 valence electrons. The van der Waals surface area contributed by atoms with Gasteiger partial charge in [-0.05, 0) is 91.2 Å². The summed E-state index contributed by atoms with van der Waals surface area (Å²) in [6, 6.07) is 0. The highest BCUT2D eigenvalue weighted by Crippen LogP contribution is 2.66. The molecule has 2 saturated carbocycles. The lowest BCUT2D eigenvalue weighted by Crippen LogP contribution is -2.38. The number of hydrogen-bond donors (Lipinski definition) is 3. The van der Waals surface area contributed by atoms with E-state index in [2.05, 4.69) is 97.5 Å². The highest BCUT2D eigenvalue weighted by Gasteiger charge is 2.62. The van der Waals surface area contributed by atoms with Gasteiger partial charge < -0.3 is 24.6 Å². The SMILES string of the molecule is C=C(C)C(=O)O.C=C(C)C(=O)OC.C=C(C)C(=O)OC1CC2CCC1(C)C2(C)C.C=C(C)C(=O)OCCNC(C)(C)C.CCCCCCCCCCCCS. The number of carbonyl (C=O) groups excluding carboxylic acids is 3. The Hall–Kier alpha value is -2.85. The third kappa shape index (κ3) is 26.6. The number of aliphatic carboxylic acids is 1. The number of fused-ring (bicyclic) bond motifs is 2. The number of rotatable bonds is 18. The topological polar surface area (TPSA) is 128 Å². The van der Waals surface area contributed by atoms with E-state index in [4.69, 9.17) is 14.6 Å². The van der Waals surface area contributed by atoms with Crippen LogP contribution in [0, 0.1) is 16.7 Å². The number of carbonyl (C=O) groups is 4. The first-order valence-corrected chi connectivity index (χ1v) is 20.7. The molecule has 2 rings (SSSR count). The molecule has 2 fully saturated rings. The first-order valence-electron chi connectivity index (χ1n) is 20.0. The quantitative estimate of drug-likeness (QED) is 0.0408. The van der Waals surface area contributed by atoms with Gasteiger partial charge >= 0.3 is 23.9 Å². The van der Waals surface area contributed by atoms with Crippen molar-refractivity contribution in [3.05, 3.63) is 48.6 Å². The van der Waals surface area contributed by atoms with Crippen LogP contribution in [0.1, 0.15) is 160 Å². The molecule has 0 amide bonds. The van der Waals surface area contributed by atoms with Gasteiger partial charge in [-0.3, -0.25) is 0 Å². The number of esters is 3. The first kappa shape index (κ1) is 56.5. The summed E-state index contributed by atoms with van der Waals surface area (Å²) >= 11 is 4.20. The van der Waals surface area contributed by atoms with Crippen molar-refractivity contribution in [3.63, 3.8) is 0 Å². The summed E-state index contributed by atoms with van der Waals surface area (Å²) in [5.74, 6) is -0.0584. The van der Waals surface area contributed by atoms with Crippen LogP contribution in [0.15, 0.2) is 48.6 Å². The maximum absolute atomic E-state index is 11.6. The van der Waals surface area contributed by atoms with Crippen molar-refractivity contribution in [3.8, 4) is 0 Å². The number of thiol groups is 1. The summed E-state index contributed by atoms with van der Waals surface area (Å²) < 4.78 is 14.8. The van der Waals surface area contributed by atoms with Crippen molar-refractivity contribution in [2.45, 2.75) is 171 Å².